The third-order valence-electron chi connectivity index (χ3n) is 2.90. The maximum Gasteiger partial charge on any atom is 0.320 e. The van der Waals surface area contributed by atoms with Crippen molar-refractivity contribution in [3.8, 4) is 11.5 Å². The number of nitrogens with two attached hydrogens (primary N) is 1. The third kappa shape index (κ3) is 4.25. The molecule has 0 saturated heterocycles. The van der Waals surface area contributed by atoms with Crippen LogP contribution in [0.4, 0.5) is 0 Å². The lowest BCUT2D eigenvalue weighted by molar-refractivity contribution is -0.138. The highest BCUT2D eigenvalue weighted by Crippen LogP contribution is 2.19. The minimum atomic E-state index is -1.05. The van der Waals surface area contributed by atoms with Crippen LogP contribution in [0.2, 0.25) is 0 Å². The Morgan fingerprint density at radius 2 is 1.81 bits per heavy atom. The maximum absolute atomic E-state index is 10.7. The van der Waals surface area contributed by atoms with E-state index >= 15 is 0 Å². The fourth-order valence-corrected chi connectivity index (χ4v) is 1.74. The molecule has 0 aliphatic heterocycles. The first-order valence-electron chi connectivity index (χ1n) is 6.41. The minimum Gasteiger partial charge on any atom is -0.497 e. The molecule has 112 valence electrons. The van der Waals surface area contributed by atoms with Crippen molar-refractivity contribution >= 4 is 5.97 Å². The molecule has 0 spiro atoms. The predicted octanol–water partition coefficient (Wildman–Crippen LogP) is 1.82. The molecule has 1 aromatic carbocycles. The molecule has 1 aromatic heterocycles. The summed E-state index contributed by atoms with van der Waals surface area (Å²) in [7, 11) is 1.60. The molecule has 1 atom stereocenters. The fraction of sp³-hybridized carbons (Fsp3) is 0.267. The molecule has 21 heavy (non-hydrogen) atoms. The van der Waals surface area contributed by atoms with Crippen LogP contribution in [0.15, 0.2) is 40.8 Å². The fourth-order valence-electron chi connectivity index (χ4n) is 1.74. The standard InChI is InChI=1S/C15H17NO5/c1-19-10-2-4-11(5-3-10)20-9-13-7-6-12(21-13)8-14(16)15(17)18/h2-7,14H,8-9,16H2,1H3,(H,17,18). The SMILES string of the molecule is COc1ccc(OCc2ccc(CC(N)C(=O)O)o2)cc1. The zero-order chi connectivity index (χ0) is 15.2. The summed E-state index contributed by atoms with van der Waals surface area (Å²) in [5, 5.41) is 8.74. The molecule has 2 aromatic rings. The summed E-state index contributed by atoms with van der Waals surface area (Å²) in [6, 6.07) is 9.67. The van der Waals surface area contributed by atoms with Gasteiger partial charge in [0.1, 0.15) is 35.7 Å². The van der Waals surface area contributed by atoms with Crippen LogP contribution in [0.1, 0.15) is 11.5 Å². The molecule has 0 aliphatic carbocycles. The minimum absolute atomic E-state index is 0.151. The molecular formula is C15H17NO5. The van der Waals surface area contributed by atoms with E-state index in [1.165, 1.54) is 0 Å². The van der Waals surface area contributed by atoms with Gasteiger partial charge in [0.05, 0.1) is 7.11 Å². The number of carboxylic acid groups (broad SMARTS) is 1. The molecule has 6 nitrogen and oxygen atoms in total. The third-order valence-corrected chi connectivity index (χ3v) is 2.90. The average Bonchev–Trinajstić information content (AvgIpc) is 2.93. The van der Waals surface area contributed by atoms with Crippen molar-refractivity contribution in [1.29, 1.82) is 0 Å². The van der Waals surface area contributed by atoms with E-state index in [0.29, 0.717) is 17.3 Å². The number of aliphatic carboxylic acids is 1. The number of rotatable bonds is 7. The normalized spacial score (nSPS) is 11.9. The van der Waals surface area contributed by atoms with E-state index in [2.05, 4.69) is 0 Å². The van der Waals surface area contributed by atoms with Crippen LogP contribution >= 0.6 is 0 Å². The van der Waals surface area contributed by atoms with Gasteiger partial charge in [-0.05, 0) is 36.4 Å². The molecule has 3 N–H and O–H groups in total. The lowest BCUT2D eigenvalue weighted by atomic mass is 10.2. The second kappa shape index (κ2) is 6.81. The van der Waals surface area contributed by atoms with Gasteiger partial charge in [-0.2, -0.15) is 0 Å². The van der Waals surface area contributed by atoms with Crippen molar-refractivity contribution in [2.24, 2.45) is 5.73 Å². The number of methoxy groups -OCH3 is 1. The van der Waals surface area contributed by atoms with Gasteiger partial charge < -0.3 is 24.7 Å². The Labute approximate surface area is 122 Å². The largest absolute Gasteiger partial charge is 0.497 e. The molecule has 0 radical (unpaired) electrons. The highest BCUT2D eigenvalue weighted by molar-refractivity contribution is 5.73. The number of benzene rings is 1. The van der Waals surface area contributed by atoms with E-state index in [9.17, 15) is 4.79 Å². The molecule has 0 aliphatic rings. The molecule has 0 bridgehead atoms. The second-order valence-electron chi connectivity index (χ2n) is 4.48. The zero-order valence-electron chi connectivity index (χ0n) is 11.6. The summed E-state index contributed by atoms with van der Waals surface area (Å²) in [5.74, 6) is 1.53. The van der Waals surface area contributed by atoms with Gasteiger partial charge in [-0.3, -0.25) is 4.79 Å². The van der Waals surface area contributed by atoms with Crippen LogP contribution in [0.3, 0.4) is 0 Å². The Balaban J connectivity index is 1.88. The van der Waals surface area contributed by atoms with E-state index in [1.54, 1.807) is 43.5 Å². The summed E-state index contributed by atoms with van der Waals surface area (Å²) in [5.41, 5.74) is 5.45. The number of hydrogen-bond acceptors (Lipinski definition) is 5. The van der Waals surface area contributed by atoms with Crippen LogP contribution in [-0.4, -0.2) is 24.2 Å². The molecule has 1 heterocycles. The summed E-state index contributed by atoms with van der Waals surface area (Å²) in [4.78, 5) is 10.7. The molecule has 0 amide bonds. The zero-order valence-corrected chi connectivity index (χ0v) is 11.6. The number of furan rings is 1. The highest BCUT2D eigenvalue weighted by atomic mass is 16.5. The van der Waals surface area contributed by atoms with Crippen molar-refractivity contribution in [2.45, 2.75) is 19.1 Å². The van der Waals surface area contributed by atoms with E-state index in [4.69, 9.17) is 24.7 Å². The lowest BCUT2D eigenvalue weighted by Gasteiger charge is -2.06. The first-order chi connectivity index (χ1) is 10.1. The van der Waals surface area contributed by atoms with Crippen LogP contribution in [0.25, 0.3) is 0 Å². The van der Waals surface area contributed by atoms with Crippen LogP contribution in [0, 0.1) is 0 Å². The van der Waals surface area contributed by atoms with Crippen molar-refractivity contribution in [3.63, 3.8) is 0 Å². The smallest absolute Gasteiger partial charge is 0.320 e. The van der Waals surface area contributed by atoms with Gasteiger partial charge in [0.25, 0.3) is 0 Å². The Bertz CT molecular complexity index is 590. The first-order valence-corrected chi connectivity index (χ1v) is 6.41. The van der Waals surface area contributed by atoms with Gasteiger partial charge in [-0.1, -0.05) is 0 Å². The van der Waals surface area contributed by atoms with E-state index in [1.807, 2.05) is 0 Å². The number of carboxylic acids is 1. The van der Waals surface area contributed by atoms with Crippen LogP contribution < -0.4 is 15.2 Å². The summed E-state index contributed by atoms with van der Waals surface area (Å²) in [6.07, 6.45) is 0.151. The Hall–Kier alpha value is -2.47. The van der Waals surface area contributed by atoms with E-state index in [-0.39, 0.29) is 13.0 Å². The molecule has 0 saturated carbocycles. The molecule has 2 rings (SSSR count). The van der Waals surface area contributed by atoms with Crippen molar-refractivity contribution in [2.75, 3.05) is 7.11 Å². The van der Waals surface area contributed by atoms with Crippen LogP contribution in [-0.2, 0) is 17.8 Å². The first kappa shape index (κ1) is 14.9. The van der Waals surface area contributed by atoms with Crippen LogP contribution in [0.5, 0.6) is 11.5 Å². The molecule has 0 fully saturated rings. The summed E-state index contributed by atoms with van der Waals surface area (Å²) >= 11 is 0. The number of hydrogen-bond donors (Lipinski definition) is 2. The monoisotopic (exact) mass is 291 g/mol. The van der Waals surface area contributed by atoms with Gasteiger partial charge in [-0.25, -0.2) is 0 Å². The maximum atomic E-state index is 10.7. The molecule has 6 heteroatoms. The Morgan fingerprint density at radius 1 is 1.19 bits per heavy atom. The Kier molecular flexibility index (Phi) is 4.84. The Morgan fingerprint density at radius 3 is 2.43 bits per heavy atom. The summed E-state index contributed by atoms with van der Waals surface area (Å²) < 4.78 is 16.1. The van der Waals surface area contributed by atoms with Gasteiger partial charge in [-0.15, -0.1) is 0 Å². The van der Waals surface area contributed by atoms with Gasteiger partial charge >= 0.3 is 5.97 Å². The quantitative estimate of drug-likeness (QED) is 0.808. The van der Waals surface area contributed by atoms with Crippen molar-refractivity contribution < 1.29 is 23.8 Å². The summed E-state index contributed by atoms with van der Waals surface area (Å²) in [6.45, 7) is 0.259. The predicted molar refractivity (Wildman–Crippen MR) is 75.3 cm³/mol. The van der Waals surface area contributed by atoms with Gasteiger partial charge in [0, 0.05) is 6.42 Å². The van der Waals surface area contributed by atoms with Crippen molar-refractivity contribution in [1.82, 2.24) is 0 Å². The van der Waals surface area contributed by atoms with E-state index in [0.717, 1.165) is 5.75 Å². The molecule has 1 unspecified atom stereocenters. The number of ether oxygens (including phenoxy) is 2. The average molecular weight is 291 g/mol. The second-order valence-corrected chi connectivity index (χ2v) is 4.48. The van der Waals surface area contributed by atoms with Gasteiger partial charge in [0.15, 0.2) is 0 Å². The highest BCUT2D eigenvalue weighted by Gasteiger charge is 2.14. The number of carbonyl (C=O) groups is 1. The molecular weight excluding hydrogens is 274 g/mol. The van der Waals surface area contributed by atoms with Gasteiger partial charge in [0.2, 0.25) is 0 Å². The lowest BCUT2D eigenvalue weighted by Crippen LogP contribution is -2.32. The van der Waals surface area contributed by atoms with Crippen molar-refractivity contribution in [3.05, 3.63) is 47.9 Å². The topological polar surface area (TPSA) is 94.9 Å². The van der Waals surface area contributed by atoms with E-state index < -0.39 is 12.0 Å².